The van der Waals surface area contributed by atoms with E-state index in [9.17, 15) is 0 Å². The van der Waals surface area contributed by atoms with Gasteiger partial charge in [-0.1, -0.05) is 115 Å². The number of aromatic nitrogens is 1. The van der Waals surface area contributed by atoms with Gasteiger partial charge in [0.1, 0.15) is 11.5 Å². The minimum Gasteiger partial charge on any atom is -0.457 e. The Kier molecular flexibility index (Phi) is 5.34. The number of benzene rings is 8. The third-order valence-electron chi connectivity index (χ3n) is 10.8. The number of rotatable bonds is 2. The molecule has 1 spiro atoms. The van der Waals surface area contributed by atoms with Crippen molar-refractivity contribution in [1.82, 2.24) is 4.57 Å². The van der Waals surface area contributed by atoms with Crippen LogP contribution in [-0.4, -0.2) is 4.57 Å². The Labute approximate surface area is 284 Å². The molecule has 2 nitrogen and oxygen atoms in total. The van der Waals surface area contributed by atoms with Crippen LogP contribution in [0, 0.1) is 0 Å². The maximum Gasteiger partial charge on any atom is 0.132 e. The van der Waals surface area contributed by atoms with E-state index in [1.165, 1.54) is 82.8 Å². The normalized spacial score (nSPS) is 13.6. The van der Waals surface area contributed by atoms with Gasteiger partial charge in [0.2, 0.25) is 0 Å². The molecule has 0 N–H and O–H groups in total. The molecule has 0 bridgehead atoms. The predicted octanol–water partition coefficient (Wildman–Crippen LogP) is 12.1. The lowest BCUT2D eigenvalue weighted by molar-refractivity contribution is 0.436. The fraction of sp³-hybridized carbons (Fsp3) is 0.0213. The summed E-state index contributed by atoms with van der Waals surface area (Å²) in [5, 5.41) is 5.01. The highest BCUT2D eigenvalue weighted by Gasteiger charge is 2.51. The smallest absolute Gasteiger partial charge is 0.132 e. The van der Waals surface area contributed by atoms with Gasteiger partial charge in [-0.05, 0) is 105 Å². The summed E-state index contributed by atoms with van der Waals surface area (Å²) in [7, 11) is 0. The summed E-state index contributed by atoms with van der Waals surface area (Å²) in [6, 6.07) is 64.2. The lowest BCUT2D eigenvalue weighted by Gasteiger charge is -2.39. The molecule has 1 aromatic heterocycles. The zero-order chi connectivity index (χ0) is 32.1. The third-order valence-corrected chi connectivity index (χ3v) is 10.8. The van der Waals surface area contributed by atoms with E-state index < -0.39 is 5.41 Å². The number of hydrogen-bond acceptors (Lipinski definition) is 1. The summed E-state index contributed by atoms with van der Waals surface area (Å²) in [5.41, 5.74) is 13.0. The topological polar surface area (TPSA) is 14.2 Å². The largest absolute Gasteiger partial charge is 0.457 e. The fourth-order valence-corrected chi connectivity index (χ4v) is 8.77. The molecule has 0 unspecified atom stereocenters. The van der Waals surface area contributed by atoms with Crippen LogP contribution in [-0.2, 0) is 5.41 Å². The highest BCUT2D eigenvalue weighted by molar-refractivity contribution is 6.10. The standard InChI is InChI=1S/C47H29NO/c1-2-14-34(15-3-1)48-43-19-9-6-16-36(43)38-27-32(23-25-44(38)48)33-22-24-35-37-26-30-12-4-5-13-31(30)28-42(37)47(41(35)29-33)39-17-7-10-20-45(39)49-46-21-11-8-18-40(46)47/h1-29H. The Morgan fingerprint density at radius 2 is 0.980 bits per heavy atom. The number of ether oxygens (including phenoxy) is 1. The minimum absolute atomic E-state index is 0.524. The maximum atomic E-state index is 6.62. The van der Waals surface area contributed by atoms with E-state index >= 15 is 0 Å². The van der Waals surface area contributed by atoms with E-state index in [1.807, 2.05) is 0 Å². The summed E-state index contributed by atoms with van der Waals surface area (Å²) in [4.78, 5) is 0. The van der Waals surface area contributed by atoms with Crippen LogP contribution in [0.5, 0.6) is 11.5 Å². The third kappa shape index (κ3) is 3.55. The summed E-state index contributed by atoms with van der Waals surface area (Å²) < 4.78 is 9.00. The van der Waals surface area contributed by atoms with Crippen LogP contribution in [0.15, 0.2) is 176 Å². The molecular weight excluding hydrogens is 595 g/mol. The van der Waals surface area contributed by atoms with Gasteiger partial charge in [0.25, 0.3) is 0 Å². The lowest BCUT2D eigenvalue weighted by atomic mass is 9.65. The van der Waals surface area contributed by atoms with Crippen LogP contribution >= 0.6 is 0 Å². The fourth-order valence-electron chi connectivity index (χ4n) is 8.77. The lowest BCUT2D eigenvalue weighted by Crippen LogP contribution is -2.32. The van der Waals surface area contributed by atoms with Gasteiger partial charge in [-0.2, -0.15) is 0 Å². The minimum atomic E-state index is -0.524. The molecule has 2 heterocycles. The van der Waals surface area contributed by atoms with Gasteiger partial charge in [-0.25, -0.2) is 0 Å². The summed E-state index contributed by atoms with van der Waals surface area (Å²) in [5.74, 6) is 1.82. The van der Waals surface area contributed by atoms with Crippen LogP contribution in [0.3, 0.4) is 0 Å². The molecule has 2 aliphatic rings. The molecule has 0 radical (unpaired) electrons. The van der Waals surface area contributed by atoms with Crippen molar-refractivity contribution >= 4 is 32.6 Å². The van der Waals surface area contributed by atoms with E-state index in [0.717, 1.165) is 11.5 Å². The SMILES string of the molecule is c1ccc(-n2c3ccccc3c3cc(-c4ccc5c(c4)C4(c6ccccc6Oc6ccccc64)c4cc6ccccc6cc4-5)ccc32)cc1. The number of hydrogen-bond donors (Lipinski definition) is 0. The monoisotopic (exact) mass is 623 g/mol. The van der Waals surface area contributed by atoms with E-state index in [-0.39, 0.29) is 0 Å². The van der Waals surface area contributed by atoms with Crippen molar-refractivity contribution < 1.29 is 4.74 Å². The van der Waals surface area contributed by atoms with E-state index in [2.05, 4.69) is 180 Å². The van der Waals surface area contributed by atoms with Gasteiger partial charge in [-0.3, -0.25) is 0 Å². The van der Waals surface area contributed by atoms with Gasteiger partial charge in [0.15, 0.2) is 0 Å². The molecule has 228 valence electrons. The van der Waals surface area contributed by atoms with E-state index in [0.29, 0.717) is 0 Å². The number of nitrogens with zero attached hydrogens (tertiary/aromatic N) is 1. The summed E-state index contributed by atoms with van der Waals surface area (Å²) in [6.07, 6.45) is 0. The molecule has 49 heavy (non-hydrogen) atoms. The second-order valence-electron chi connectivity index (χ2n) is 13.3. The van der Waals surface area contributed by atoms with E-state index in [4.69, 9.17) is 4.74 Å². The van der Waals surface area contributed by atoms with Crippen molar-refractivity contribution in [2.45, 2.75) is 5.41 Å². The first-order chi connectivity index (χ1) is 24.3. The Morgan fingerprint density at radius 1 is 0.388 bits per heavy atom. The van der Waals surface area contributed by atoms with Crippen molar-refractivity contribution in [2.75, 3.05) is 0 Å². The zero-order valence-electron chi connectivity index (χ0n) is 26.6. The first-order valence-electron chi connectivity index (χ1n) is 16.9. The van der Waals surface area contributed by atoms with Crippen LogP contribution < -0.4 is 4.74 Å². The van der Waals surface area contributed by atoms with Gasteiger partial charge in [0, 0.05) is 27.6 Å². The van der Waals surface area contributed by atoms with Crippen molar-refractivity contribution in [3.8, 4) is 39.4 Å². The first-order valence-corrected chi connectivity index (χ1v) is 16.9. The molecular formula is C47H29NO. The van der Waals surface area contributed by atoms with Crippen LogP contribution in [0.25, 0.3) is 60.5 Å². The average molecular weight is 624 g/mol. The number of para-hydroxylation sites is 4. The van der Waals surface area contributed by atoms with Crippen LogP contribution in [0.4, 0.5) is 0 Å². The Morgan fingerprint density at radius 3 is 1.78 bits per heavy atom. The van der Waals surface area contributed by atoms with Gasteiger partial charge < -0.3 is 9.30 Å². The van der Waals surface area contributed by atoms with Crippen molar-refractivity contribution in [2.24, 2.45) is 0 Å². The van der Waals surface area contributed by atoms with Crippen LogP contribution in [0.1, 0.15) is 22.3 Å². The molecule has 11 rings (SSSR count). The average Bonchev–Trinajstić information content (AvgIpc) is 3.64. The molecule has 1 aliphatic heterocycles. The molecule has 0 saturated heterocycles. The van der Waals surface area contributed by atoms with Crippen LogP contribution in [0.2, 0.25) is 0 Å². The number of fused-ring (bicyclic) bond motifs is 13. The van der Waals surface area contributed by atoms with Crippen molar-refractivity contribution in [1.29, 1.82) is 0 Å². The Balaban J connectivity index is 1.20. The summed E-state index contributed by atoms with van der Waals surface area (Å²) in [6.45, 7) is 0. The van der Waals surface area contributed by atoms with Gasteiger partial charge >= 0.3 is 0 Å². The molecule has 0 amide bonds. The van der Waals surface area contributed by atoms with Crippen molar-refractivity contribution in [3.63, 3.8) is 0 Å². The Bertz CT molecular complexity index is 2760. The Hall–Kier alpha value is -6.38. The molecule has 2 heteroatoms. The van der Waals surface area contributed by atoms with E-state index in [1.54, 1.807) is 0 Å². The molecule has 9 aromatic rings. The molecule has 8 aromatic carbocycles. The highest BCUT2D eigenvalue weighted by Crippen LogP contribution is 2.62. The summed E-state index contributed by atoms with van der Waals surface area (Å²) >= 11 is 0. The second kappa shape index (κ2) is 9.82. The quantitative estimate of drug-likeness (QED) is 0.187. The molecule has 0 atom stereocenters. The van der Waals surface area contributed by atoms with Gasteiger partial charge in [0.05, 0.1) is 16.4 Å². The predicted molar refractivity (Wildman–Crippen MR) is 201 cm³/mol. The molecule has 1 aliphatic carbocycles. The molecule has 0 fully saturated rings. The van der Waals surface area contributed by atoms with Crippen molar-refractivity contribution in [3.05, 3.63) is 198 Å². The second-order valence-corrected chi connectivity index (χ2v) is 13.3. The highest BCUT2D eigenvalue weighted by atomic mass is 16.5. The molecule has 0 saturated carbocycles. The first kappa shape index (κ1) is 26.7. The maximum absolute atomic E-state index is 6.62. The zero-order valence-corrected chi connectivity index (χ0v) is 26.6. The van der Waals surface area contributed by atoms with Gasteiger partial charge in [-0.15, -0.1) is 0 Å².